The first-order valence-corrected chi connectivity index (χ1v) is 15.3. The maximum Gasteiger partial charge on any atom is 0.472 e. The third kappa shape index (κ3) is 5.31. The Labute approximate surface area is 245 Å². The van der Waals surface area contributed by atoms with Gasteiger partial charge in [0.05, 0.1) is 19.3 Å². The molecule has 2 aliphatic heterocycles. The molecule has 4 aromatic heterocycles. The Bertz CT molecular complexity index is 1690. The first kappa shape index (κ1) is 30.0. The monoisotopic (exact) mass is 642 g/mol. The van der Waals surface area contributed by atoms with E-state index in [0.29, 0.717) is 10.5 Å². The molecule has 0 radical (unpaired) electrons. The summed E-state index contributed by atoms with van der Waals surface area (Å²) in [6, 6.07) is 0. The molecule has 0 bridgehead atoms. The Morgan fingerprint density at radius 1 is 0.977 bits per heavy atom. The second-order valence-corrected chi connectivity index (χ2v) is 11.7. The largest absolute Gasteiger partial charge is 0.472 e. The summed E-state index contributed by atoms with van der Waals surface area (Å²) in [6.07, 6.45) is -5.44. The number of aliphatic hydroxyl groups excluding tert-OH is 3. The summed E-state index contributed by atoms with van der Waals surface area (Å²) in [4.78, 5) is 35.1. The second-order valence-electron chi connectivity index (χ2n) is 9.50. The summed E-state index contributed by atoms with van der Waals surface area (Å²) < 4.78 is 42.7. The Balaban J connectivity index is 1.14. The van der Waals surface area contributed by atoms with Crippen molar-refractivity contribution in [1.82, 2.24) is 39.0 Å². The number of hydrogen-bond acceptors (Lipinski definition) is 18. The first-order chi connectivity index (χ1) is 20.5. The Kier molecular flexibility index (Phi) is 7.98. The average molecular weight is 643 g/mol. The van der Waals surface area contributed by atoms with E-state index in [4.69, 9.17) is 34.7 Å². The van der Waals surface area contributed by atoms with E-state index in [1.165, 1.54) is 47.0 Å². The minimum atomic E-state index is -4.95. The molecule has 22 heteroatoms. The van der Waals surface area contributed by atoms with Crippen LogP contribution in [0.5, 0.6) is 0 Å². The van der Waals surface area contributed by atoms with Gasteiger partial charge < -0.3 is 45.9 Å². The standard InChI is InChI=1S/C21H27N10O10PS/c1-37-20-13(12(34)19(40-20)30-5-26-8-14(22)24-4-25-15(8)30)41-42(35,36)38-3-7-10(32)11(33)18(39-7)31-6-27-9-16(31)28-21(23)29-17(9)43-2/h4-7,10-13,18-20,32-34H,3H2,1-2H3,(H,35,36)(H2,22,24,25)(H2,23,28,29)/t7-,10?,11?,12?,13?,18-,19-,20+/m1/s1. The van der Waals surface area contributed by atoms with Gasteiger partial charge in [0.25, 0.3) is 0 Å². The Morgan fingerprint density at radius 3 is 2.40 bits per heavy atom. The number of phosphoric acid groups is 1. The maximum absolute atomic E-state index is 12.9. The van der Waals surface area contributed by atoms with Crippen molar-refractivity contribution < 1.29 is 48.0 Å². The third-order valence-corrected chi connectivity index (χ3v) is 8.59. The van der Waals surface area contributed by atoms with Crippen molar-refractivity contribution in [2.45, 2.75) is 54.3 Å². The molecule has 6 heterocycles. The SMILES string of the molecule is CO[C@H]1O[C@@H](n2cnc3c(N)ncnc32)C(O)C1OP(=O)(O)OC[C@H]1O[C@@H](n2cnc3c(SC)nc(N)nc32)C(O)C1O. The fourth-order valence-electron chi connectivity index (χ4n) is 4.89. The quantitative estimate of drug-likeness (QED) is 0.0690. The van der Waals surface area contributed by atoms with Crippen LogP contribution >= 0.6 is 19.6 Å². The number of ether oxygens (including phenoxy) is 3. The van der Waals surface area contributed by atoms with Gasteiger partial charge in [0.15, 0.2) is 42.0 Å². The second kappa shape index (κ2) is 11.4. The molecule has 20 nitrogen and oxygen atoms in total. The molecule has 8 N–H and O–H groups in total. The number of hydrogen-bond donors (Lipinski definition) is 6. The lowest BCUT2D eigenvalue weighted by Gasteiger charge is -2.23. The van der Waals surface area contributed by atoms with E-state index in [0.717, 1.165) is 0 Å². The fraction of sp³-hybridized carbons (Fsp3) is 0.524. The van der Waals surface area contributed by atoms with Gasteiger partial charge in [-0.05, 0) is 6.26 Å². The number of anilines is 2. The smallest absolute Gasteiger partial charge is 0.387 e. The van der Waals surface area contributed by atoms with Crippen LogP contribution < -0.4 is 11.5 Å². The molecule has 0 spiro atoms. The Morgan fingerprint density at radius 2 is 1.67 bits per heavy atom. The maximum atomic E-state index is 12.9. The minimum absolute atomic E-state index is 0.0294. The van der Waals surface area contributed by atoms with E-state index in [2.05, 4.69) is 29.9 Å². The molecular formula is C21H27N10O10PS. The molecule has 0 aliphatic carbocycles. The number of nitrogens with zero attached hydrogens (tertiary/aromatic N) is 8. The number of aliphatic hydroxyl groups is 3. The average Bonchev–Trinajstić information content (AvgIpc) is 3.73. The number of phosphoric ester groups is 1. The van der Waals surface area contributed by atoms with Crippen molar-refractivity contribution in [1.29, 1.82) is 0 Å². The van der Waals surface area contributed by atoms with Gasteiger partial charge in [-0.25, -0.2) is 29.5 Å². The predicted molar refractivity (Wildman–Crippen MR) is 145 cm³/mol. The van der Waals surface area contributed by atoms with Crippen LogP contribution in [0.4, 0.5) is 11.8 Å². The van der Waals surface area contributed by atoms with Crippen molar-refractivity contribution in [3.63, 3.8) is 0 Å². The van der Waals surface area contributed by atoms with Crippen molar-refractivity contribution in [3.05, 3.63) is 19.0 Å². The molecule has 4 aromatic rings. The highest BCUT2D eigenvalue weighted by atomic mass is 32.2. The fourth-order valence-corrected chi connectivity index (χ4v) is 6.34. The molecule has 2 fully saturated rings. The van der Waals surface area contributed by atoms with E-state index < -0.39 is 63.7 Å². The van der Waals surface area contributed by atoms with Gasteiger partial charge in [0.2, 0.25) is 5.95 Å². The highest BCUT2D eigenvalue weighted by Crippen LogP contribution is 2.49. The van der Waals surface area contributed by atoms with Crippen LogP contribution in [-0.4, -0.2) is 116 Å². The highest BCUT2D eigenvalue weighted by Gasteiger charge is 2.51. The van der Waals surface area contributed by atoms with Gasteiger partial charge in [0, 0.05) is 7.11 Å². The van der Waals surface area contributed by atoms with Crippen LogP contribution in [0.25, 0.3) is 22.3 Å². The minimum Gasteiger partial charge on any atom is -0.387 e. The van der Waals surface area contributed by atoms with Gasteiger partial charge in [-0.15, -0.1) is 11.8 Å². The third-order valence-electron chi connectivity index (χ3n) is 6.93. The van der Waals surface area contributed by atoms with E-state index in [1.54, 1.807) is 6.26 Å². The molecule has 0 saturated carbocycles. The van der Waals surface area contributed by atoms with Gasteiger partial charge in [0.1, 0.15) is 46.8 Å². The van der Waals surface area contributed by atoms with Crippen LogP contribution in [0.2, 0.25) is 0 Å². The van der Waals surface area contributed by atoms with E-state index >= 15 is 0 Å². The van der Waals surface area contributed by atoms with Crippen LogP contribution in [-0.2, 0) is 27.8 Å². The predicted octanol–water partition coefficient (Wildman–Crippen LogP) is -1.46. The number of nitrogens with two attached hydrogens (primary N) is 2. The van der Waals surface area contributed by atoms with Gasteiger partial charge in [-0.1, -0.05) is 0 Å². The van der Waals surface area contributed by atoms with Gasteiger partial charge in [-0.2, -0.15) is 4.98 Å². The van der Waals surface area contributed by atoms with Crippen molar-refractivity contribution in [2.24, 2.45) is 0 Å². The van der Waals surface area contributed by atoms with Crippen molar-refractivity contribution in [3.8, 4) is 0 Å². The molecule has 232 valence electrons. The zero-order chi connectivity index (χ0) is 30.6. The number of aromatic nitrogens is 8. The summed E-state index contributed by atoms with van der Waals surface area (Å²) >= 11 is 1.29. The van der Waals surface area contributed by atoms with Crippen LogP contribution in [0, 0.1) is 0 Å². The number of methoxy groups -OCH3 is 1. The first-order valence-electron chi connectivity index (χ1n) is 12.5. The normalized spacial score (nSPS) is 30.8. The number of thioether (sulfide) groups is 1. The van der Waals surface area contributed by atoms with Gasteiger partial charge >= 0.3 is 7.82 Å². The summed E-state index contributed by atoms with van der Waals surface area (Å²) in [6.45, 7) is -0.685. The van der Waals surface area contributed by atoms with Crippen molar-refractivity contribution in [2.75, 3.05) is 31.4 Å². The molecule has 2 aliphatic rings. The van der Waals surface area contributed by atoms with E-state index in [9.17, 15) is 24.8 Å². The molecule has 2 saturated heterocycles. The van der Waals surface area contributed by atoms with E-state index in [1.807, 2.05) is 0 Å². The lowest BCUT2D eigenvalue weighted by molar-refractivity contribution is -0.159. The number of imidazole rings is 2. The lowest BCUT2D eigenvalue weighted by Crippen LogP contribution is -2.36. The molecule has 0 aromatic carbocycles. The summed E-state index contributed by atoms with van der Waals surface area (Å²) in [5.41, 5.74) is 12.8. The highest BCUT2D eigenvalue weighted by molar-refractivity contribution is 7.98. The Hall–Kier alpha value is -3.08. The van der Waals surface area contributed by atoms with Crippen LogP contribution in [0.3, 0.4) is 0 Å². The van der Waals surface area contributed by atoms with E-state index in [-0.39, 0.29) is 28.6 Å². The summed E-state index contributed by atoms with van der Waals surface area (Å²) in [7, 11) is -3.70. The molecule has 9 atom stereocenters. The molecule has 5 unspecified atom stereocenters. The zero-order valence-corrected chi connectivity index (χ0v) is 24.1. The topological polar surface area (TPSA) is 283 Å². The molecular weight excluding hydrogens is 615 g/mol. The van der Waals surface area contributed by atoms with Crippen LogP contribution in [0.15, 0.2) is 24.0 Å². The summed E-state index contributed by atoms with van der Waals surface area (Å²) in [5.74, 6) is 0.0748. The number of nitrogen functional groups attached to an aromatic ring is 2. The number of fused-ring (bicyclic) bond motifs is 2. The zero-order valence-electron chi connectivity index (χ0n) is 22.4. The molecule has 6 rings (SSSR count). The van der Waals surface area contributed by atoms with Crippen LogP contribution in [0.1, 0.15) is 12.5 Å². The number of rotatable bonds is 9. The lowest BCUT2D eigenvalue weighted by atomic mass is 10.1. The molecule has 43 heavy (non-hydrogen) atoms. The van der Waals surface area contributed by atoms with Crippen molar-refractivity contribution >= 4 is 53.7 Å². The molecule has 0 amide bonds. The van der Waals surface area contributed by atoms with Gasteiger partial charge in [-0.3, -0.25) is 18.2 Å². The summed E-state index contributed by atoms with van der Waals surface area (Å²) in [5, 5.41) is 32.8.